The Morgan fingerprint density at radius 1 is 1.39 bits per heavy atom. The summed E-state index contributed by atoms with van der Waals surface area (Å²) >= 11 is 0. The summed E-state index contributed by atoms with van der Waals surface area (Å²) in [4.78, 5) is 10.6. The Morgan fingerprint density at radius 2 is 2.11 bits per heavy atom. The van der Waals surface area contributed by atoms with Crippen molar-refractivity contribution in [1.29, 1.82) is 0 Å². The molecule has 1 aromatic heterocycles. The summed E-state index contributed by atoms with van der Waals surface area (Å²) in [5.41, 5.74) is 0. The topological polar surface area (TPSA) is 88.2 Å². The number of carboxylic acid groups (broad SMARTS) is 1. The monoisotopic (exact) mass is 255 g/mol. The predicted molar refractivity (Wildman–Crippen MR) is 66.0 cm³/mol. The summed E-state index contributed by atoms with van der Waals surface area (Å²) in [7, 11) is 0. The Balaban J connectivity index is 2.14. The molecule has 2 N–H and O–H groups in total. The van der Waals surface area contributed by atoms with Crippen LogP contribution in [0.1, 0.15) is 44.9 Å². The van der Waals surface area contributed by atoms with Gasteiger partial charge in [-0.25, -0.2) is 0 Å². The van der Waals surface area contributed by atoms with Gasteiger partial charge >= 0.3 is 5.97 Å². The van der Waals surface area contributed by atoms with E-state index in [4.69, 9.17) is 9.52 Å². The molecule has 0 bridgehead atoms. The first-order valence-electron chi connectivity index (χ1n) is 6.24. The second kappa shape index (κ2) is 7.10. The third kappa shape index (κ3) is 5.27. The zero-order chi connectivity index (χ0) is 13.5. The molecule has 0 saturated heterocycles. The number of aromatic nitrogens is 2. The minimum Gasteiger partial charge on any atom is -0.481 e. The highest BCUT2D eigenvalue weighted by Crippen LogP contribution is 2.10. The molecule has 1 aromatic rings. The van der Waals surface area contributed by atoms with E-state index in [0.717, 1.165) is 12.8 Å². The maximum atomic E-state index is 10.6. The number of carboxylic acids is 1. The Morgan fingerprint density at radius 3 is 2.67 bits per heavy atom. The van der Waals surface area contributed by atoms with Gasteiger partial charge in [0.15, 0.2) is 0 Å². The van der Waals surface area contributed by atoms with Crippen molar-refractivity contribution in [3.8, 4) is 0 Å². The van der Waals surface area contributed by atoms with Crippen LogP contribution in [0.15, 0.2) is 4.42 Å². The van der Waals surface area contributed by atoms with Gasteiger partial charge in [-0.3, -0.25) is 4.79 Å². The maximum Gasteiger partial charge on any atom is 0.306 e. The van der Waals surface area contributed by atoms with Crippen molar-refractivity contribution in [3.05, 3.63) is 11.8 Å². The molecule has 0 aliphatic heterocycles. The maximum absolute atomic E-state index is 10.6. The molecule has 0 fully saturated rings. The van der Waals surface area contributed by atoms with E-state index in [-0.39, 0.29) is 5.92 Å². The van der Waals surface area contributed by atoms with Crippen molar-refractivity contribution >= 4 is 5.97 Å². The molecule has 1 rings (SSSR count). The summed E-state index contributed by atoms with van der Waals surface area (Å²) in [6.45, 7) is 6.11. The summed E-state index contributed by atoms with van der Waals surface area (Å²) < 4.78 is 5.25. The molecule has 2 unspecified atom stereocenters. The van der Waals surface area contributed by atoms with Gasteiger partial charge in [0.05, 0.1) is 12.5 Å². The van der Waals surface area contributed by atoms with Gasteiger partial charge in [0.1, 0.15) is 0 Å². The number of aliphatic carboxylic acids is 1. The quantitative estimate of drug-likeness (QED) is 0.735. The molecule has 18 heavy (non-hydrogen) atoms. The van der Waals surface area contributed by atoms with Crippen LogP contribution < -0.4 is 5.32 Å². The van der Waals surface area contributed by atoms with E-state index in [1.807, 2.05) is 0 Å². The van der Waals surface area contributed by atoms with Crippen molar-refractivity contribution in [3.63, 3.8) is 0 Å². The van der Waals surface area contributed by atoms with E-state index in [9.17, 15) is 4.79 Å². The standard InChI is InChI=1S/C12H21N3O3/c1-8(12(16)17)5-4-6-9(2)13-7-11-15-14-10(3)18-11/h8-9,13H,4-7H2,1-3H3,(H,16,17). The molecular weight excluding hydrogens is 234 g/mol. The van der Waals surface area contributed by atoms with Crippen LogP contribution >= 0.6 is 0 Å². The fourth-order valence-electron chi connectivity index (χ4n) is 1.63. The number of nitrogens with one attached hydrogen (secondary N) is 1. The Kier molecular flexibility index (Phi) is 5.77. The second-order valence-electron chi connectivity index (χ2n) is 4.67. The van der Waals surface area contributed by atoms with Crippen molar-refractivity contribution < 1.29 is 14.3 Å². The third-order valence-electron chi connectivity index (χ3n) is 2.87. The largest absolute Gasteiger partial charge is 0.481 e. The normalized spacial score (nSPS) is 14.4. The van der Waals surface area contributed by atoms with E-state index >= 15 is 0 Å². The first-order chi connectivity index (χ1) is 8.49. The third-order valence-corrected chi connectivity index (χ3v) is 2.87. The van der Waals surface area contributed by atoms with Crippen LogP contribution in [0.4, 0.5) is 0 Å². The Bertz CT molecular complexity index is 378. The van der Waals surface area contributed by atoms with E-state index < -0.39 is 5.97 Å². The Labute approximate surface area is 107 Å². The summed E-state index contributed by atoms with van der Waals surface area (Å²) in [6, 6.07) is 0.304. The number of carbonyl (C=O) groups is 1. The molecule has 0 aromatic carbocycles. The van der Waals surface area contributed by atoms with E-state index in [2.05, 4.69) is 22.4 Å². The smallest absolute Gasteiger partial charge is 0.306 e. The molecule has 6 heteroatoms. The van der Waals surface area contributed by atoms with Gasteiger partial charge in [-0.05, 0) is 19.8 Å². The van der Waals surface area contributed by atoms with Crippen LogP contribution in [0.5, 0.6) is 0 Å². The molecule has 0 amide bonds. The highest BCUT2D eigenvalue weighted by molar-refractivity contribution is 5.69. The van der Waals surface area contributed by atoms with Gasteiger partial charge < -0.3 is 14.8 Å². The lowest BCUT2D eigenvalue weighted by Gasteiger charge is -2.13. The molecule has 1 heterocycles. The lowest BCUT2D eigenvalue weighted by Crippen LogP contribution is -2.25. The average molecular weight is 255 g/mol. The van der Waals surface area contributed by atoms with Crippen LogP contribution in [0.3, 0.4) is 0 Å². The van der Waals surface area contributed by atoms with Crippen LogP contribution in [-0.2, 0) is 11.3 Å². The van der Waals surface area contributed by atoms with Crippen LogP contribution in [-0.4, -0.2) is 27.3 Å². The van der Waals surface area contributed by atoms with Crippen molar-refractivity contribution in [2.24, 2.45) is 5.92 Å². The molecule has 2 atom stereocenters. The van der Waals surface area contributed by atoms with Crippen LogP contribution in [0.2, 0.25) is 0 Å². The summed E-state index contributed by atoms with van der Waals surface area (Å²) in [5.74, 6) is 0.153. The predicted octanol–water partition coefficient (Wildman–Crippen LogP) is 1.75. The minimum atomic E-state index is -0.725. The molecule has 0 spiro atoms. The zero-order valence-corrected chi connectivity index (χ0v) is 11.1. The van der Waals surface area contributed by atoms with Crippen molar-refractivity contribution in [1.82, 2.24) is 15.5 Å². The van der Waals surface area contributed by atoms with Crippen molar-refractivity contribution in [2.45, 2.75) is 52.6 Å². The van der Waals surface area contributed by atoms with E-state index in [1.54, 1.807) is 13.8 Å². The van der Waals surface area contributed by atoms with Crippen molar-refractivity contribution in [2.75, 3.05) is 0 Å². The first-order valence-corrected chi connectivity index (χ1v) is 6.24. The first kappa shape index (κ1) is 14.6. The van der Waals surface area contributed by atoms with E-state index in [0.29, 0.717) is 30.8 Å². The molecule has 0 aliphatic rings. The van der Waals surface area contributed by atoms with Gasteiger partial charge in [0.25, 0.3) is 0 Å². The molecule has 102 valence electrons. The van der Waals surface area contributed by atoms with Gasteiger partial charge in [-0.15, -0.1) is 10.2 Å². The number of aryl methyl sites for hydroxylation is 1. The fraction of sp³-hybridized carbons (Fsp3) is 0.750. The van der Waals surface area contributed by atoms with Crippen LogP contribution in [0.25, 0.3) is 0 Å². The number of nitrogens with zero attached hydrogens (tertiary/aromatic N) is 2. The van der Waals surface area contributed by atoms with Gasteiger partial charge in [-0.2, -0.15) is 0 Å². The van der Waals surface area contributed by atoms with Gasteiger partial charge in [-0.1, -0.05) is 13.3 Å². The molecule has 0 saturated carbocycles. The summed E-state index contributed by atoms with van der Waals surface area (Å²) in [6.07, 6.45) is 2.54. The van der Waals surface area contributed by atoms with E-state index in [1.165, 1.54) is 0 Å². The van der Waals surface area contributed by atoms with Gasteiger partial charge in [0.2, 0.25) is 11.8 Å². The number of hydrogen-bond acceptors (Lipinski definition) is 5. The Hall–Kier alpha value is -1.43. The average Bonchev–Trinajstić information content (AvgIpc) is 2.72. The lowest BCUT2D eigenvalue weighted by molar-refractivity contribution is -0.141. The fourth-order valence-corrected chi connectivity index (χ4v) is 1.63. The summed E-state index contributed by atoms with van der Waals surface area (Å²) in [5, 5.41) is 19.7. The highest BCUT2D eigenvalue weighted by atomic mass is 16.4. The minimum absolute atomic E-state index is 0.268. The zero-order valence-electron chi connectivity index (χ0n) is 11.1. The molecular formula is C12H21N3O3. The van der Waals surface area contributed by atoms with Crippen LogP contribution in [0, 0.1) is 12.8 Å². The van der Waals surface area contributed by atoms with Gasteiger partial charge in [0, 0.05) is 13.0 Å². The molecule has 0 aliphatic carbocycles. The lowest BCUT2D eigenvalue weighted by atomic mass is 10.0. The molecule has 6 nitrogen and oxygen atoms in total. The second-order valence-corrected chi connectivity index (χ2v) is 4.67. The SMILES string of the molecule is Cc1nnc(CNC(C)CCCC(C)C(=O)O)o1. The number of hydrogen-bond donors (Lipinski definition) is 2. The number of rotatable bonds is 8. The highest BCUT2D eigenvalue weighted by Gasteiger charge is 2.11. The molecule has 0 radical (unpaired) electrons.